The van der Waals surface area contributed by atoms with Gasteiger partial charge in [0.2, 0.25) is 0 Å². The summed E-state index contributed by atoms with van der Waals surface area (Å²) in [5, 5.41) is 14.4. The van der Waals surface area contributed by atoms with Crippen molar-refractivity contribution >= 4 is 0 Å². The van der Waals surface area contributed by atoms with Crippen LogP contribution in [0, 0.1) is 0 Å². The average Bonchev–Trinajstić information content (AvgIpc) is 2.66. The lowest BCUT2D eigenvalue weighted by Gasteiger charge is -2.28. The van der Waals surface area contributed by atoms with Gasteiger partial charge >= 0.3 is 0 Å². The van der Waals surface area contributed by atoms with Crippen LogP contribution >= 0.6 is 0 Å². The molecule has 1 unspecified atom stereocenters. The lowest BCUT2D eigenvalue weighted by molar-refractivity contribution is -0.0768. The molecule has 1 atom stereocenters. The van der Waals surface area contributed by atoms with Gasteiger partial charge in [-0.15, -0.1) is 0 Å². The van der Waals surface area contributed by atoms with Crippen molar-refractivity contribution in [1.82, 2.24) is 9.78 Å². The van der Waals surface area contributed by atoms with Gasteiger partial charge in [0.1, 0.15) is 0 Å². The standard InChI is InChI=1S/C12H22N2O2/c1-9(2)14-7-6-10(13-14)8-11(15)12(3,4)16-5/h6-7,9,11,15H,8H2,1-5H3. The Morgan fingerprint density at radius 2 is 2.12 bits per heavy atom. The van der Waals surface area contributed by atoms with Gasteiger partial charge in [-0.2, -0.15) is 5.10 Å². The molecule has 0 amide bonds. The minimum absolute atomic E-state index is 0.348. The zero-order valence-electron chi connectivity index (χ0n) is 10.8. The third-order valence-electron chi connectivity index (χ3n) is 2.92. The highest BCUT2D eigenvalue weighted by Crippen LogP contribution is 2.17. The molecular formula is C12H22N2O2. The van der Waals surface area contributed by atoms with Crippen molar-refractivity contribution in [3.8, 4) is 0 Å². The summed E-state index contributed by atoms with van der Waals surface area (Å²) in [4.78, 5) is 0. The van der Waals surface area contributed by atoms with Crippen molar-refractivity contribution in [2.24, 2.45) is 0 Å². The summed E-state index contributed by atoms with van der Waals surface area (Å²) in [5.74, 6) is 0. The summed E-state index contributed by atoms with van der Waals surface area (Å²) in [5.41, 5.74) is 0.355. The molecule has 0 aliphatic heterocycles. The maximum absolute atomic E-state index is 10.0. The topological polar surface area (TPSA) is 47.3 Å². The monoisotopic (exact) mass is 226 g/mol. The Hall–Kier alpha value is -0.870. The highest BCUT2D eigenvalue weighted by atomic mass is 16.5. The maximum Gasteiger partial charge on any atom is 0.0884 e. The summed E-state index contributed by atoms with van der Waals surface area (Å²) >= 11 is 0. The number of nitrogens with zero attached hydrogens (tertiary/aromatic N) is 2. The molecule has 1 aromatic rings. The van der Waals surface area contributed by atoms with E-state index in [9.17, 15) is 5.11 Å². The first kappa shape index (κ1) is 13.2. The Morgan fingerprint density at radius 3 is 2.56 bits per heavy atom. The highest BCUT2D eigenvalue weighted by molar-refractivity contribution is 5.03. The van der Waals surface area contributed by atoms with Crippen LogP contribution in [0.4, 0.5) is 0 Å². The van der Waals surface area contributed by atoms with Gasteiger partial charge in [0.15, 0.2) is 0 Å². The number of methoxy groups -OCH3 is 1. The van der Waals surface area contributed by atoms with Crippen LogP contribution in [0.2, 0.25) is 0 Å². The van der Waals surface area contributed by atoms with Gasteiger partial charge in [-0.05, 0) is 33.8 Å². The first-order valence-corrected chi connectivity index (χ1v) is 5.64. The predicted molar refractivity (Wildman–Crippen MR) is 63.4 cm³/mol. The number of hydrogen-bond donors (Lipinski definition) is 1. The van der Waals surface area contributed by atoms with Gasteiger partial charge < -0.3 is 9.84 Å². The molecule has 0 fully saturated rings. The SMILES string of the molecule is COC(C)(C)C(O)Cc1ccn(C(C)C)n1. The van der Waals surface area contributed by atoms with E-state index in [-0.39, 0.29) is 0 Å². The average molecular weight is 226 g/mol. The molecule has 1 N–H and O–H groups in total. The fourth-order valence-electron chi connectivity index (χ4n) is 1.35. The molecule has 92 valence electrons. The number of rotatable bonds is 5. The zero-order chi connectivity index (χ0) is 12.3. The van der Waals surface area contributed by atoms with Crippen molar-refractivity contribution in [3.63, 3.8) is 0 Å². The lowest BCUT2D eigenvalue weighted by atomic mass is 9.97. The molecule has 0 bridgehead atoms. The minimum atomic E-state index is -0.548. The number of aliphatic hydroxyl groups excluding tert-OH is 1. The number of ether oxygens (including phenoxy) is 1. The maximum atomic E-state index is 10.0. The molecule has 0 saturated heterocycles. The van der Waals surface area contributed by atoms with E-state index in [4.69, 9.17) is 4.74 Å². The van der Waals surface area contributed by atoms with Gasteiger partial charge in [0, 0.05) is 25.8 Å². The smallest absolute Gasteiger partial charge is 0.0884 e. The second kappa shape index (κ2) is 4.97. The molecule has 0 radical (unpaired) electrons. The third kappa shape index (κ3) is 3.06. The molecule has 1 heterocycles. The Morgan fingerprint density at radius 1 is 1.50 bits per heavy atom. The van der Waals surface area contributed by atoms with E-state index in [1.807, 2.05) is 30.8 Å². The summed E-state index contributed by atoms with van der Waals surface area (Å²) in [7, 11) is 1.61. The van der Waals surface area contributed by atoms with Gasteiger partial charge in [-0.1, -0.05) is 0 Å². The fourth-order valence-corrected chi connectivity index (χ4v) is 1.35. The van der Waals surface area contributed by atoms with E-state index in [0.717, 1.165) is 5.69 Å². The van der Waals surface area contributed by atoms with Gasteiger partial charge in [-0.25, -0.2) is 0 Å². The summed E-state index contributed by atoms with van der Waals surface area (Å²) < 4.78 is 7.13. The van der Waals surface area contributed by atoms with Crippen molar-refractivity contribution in [2.75, 3.05) is 7.11 Å². The summed E-state index contributed by atoms with van der Waals surface area (Å²) in [6.45, 7) is 7.90. The van der Waals surface area contributed by atoms with Crippen molar-refractivity contribution in [1.29, 1.82) is 0 Å². The van der Waals surface area contributed by atoms with Crippen LogP contribution in [0.1, 0.15) is 39.4 Å². The molecule has 0 spiro atoms. The Balaban J connectivity index is 2.66. The normalized spacial score (nSPS) is 14.4. The van der Waals surface area contributed by atoms with Crippen LogP contribution in [0.15, 0.2) is 12.3 Å². The van der Waals surface area contributed by atoms with Crippen LogP contribution in [0.3, 0.4) is 0 Å². The van der Waals surface area contributed by atoms with Crippen LogP contribution in [0.5, 0.6) is 0 Å². The van der Waals surface area contributed by atoms with Gasteiger partial charge in [-0.3, -0.25) is 4.68 Å². The van der Waals surface area contributed by atoms with Crippen molar-refractivity contribution in [3.05, 3.63) is 18.0 Å². The van der Waals surface area contributed by atoms with E-state index < -0.39 is 11.7 Å². The van der Waals surface area contributed by atoms with E-state index in [1.54, 1.807) is 7.11 Å². The van der Waals surface area contributed by atoms with Crippen LogP contribution in [-0.2, 0) is 11.2 Å². The molecule has 1 rings (SSSR count). The fraction of sp³-hybridized carbons (Fsp3) is 0.750. The zero-order valence-corrected chi connectivity index (χ0v) is 10.8. The van der Waals surface area contributed by atoms with Crippen LogP contribution < -0.4 is 0 Å². The van der Waals surface area contributed by atoms with Crippen molar-refractivity contribution < 1.29 is 9.84 Å². The molecule has 0 aromatic carbocycles. The number of aliphatic hydroxyl groups is 1. The van der Waals surface area contributed by atoms with E-state index in [2.05, 4.69) is 18.9 Å². The molecular weight excluding hydrogens is 204 g/mol. The van der Waals surface area contributed by atoms with Crippen LogP contribution in [-0.4, -0.2) is 33.7 Å². The number of hydrogen-bond acceptors (Lipinski definition) is 3. The molecule has 1 aromatic heterocycles. The Bertz CT molecular complexity index is 332. The molecule has 4 heteroatoms. The van der Waals surface area contributed by atoms with Gasteiger partial charge in [0.05, 0.1) is 17.4 Å². The first-order chi connectivity index (χ1) is 7.36. The molecule has 4 nitrogen and oxygen atoms in total. The van der Waals surface area contributed by atoms with E-state index in [0.29, 0.717) is 12.5 Å². The quantitative estimate of drug-likeness (QED) is 0.832. The molecule has 0 aliphatic rings. The molecule has 0 saturated carbocycles. The Labute approximate surface area is 97.2 Å². The predicted octanol–water partition coefficient (Wildman–Crippen LogP) is 1.79. The second-order valence-corrected chi connectivity index (χ2v) is 4.91. The molecule has 16 heavy (non-hydrogen) atoms. The van der Waals surface area contributed by atoms with Crippen molar-refractivity contribution in [2.45, 2.75) is 51.9 Å². The third-order valence-corrected chi connectivity index (χ3v) is 2.92. The highest BCUT2D eigenvalue weighted by Gasteiger charge is 2.28. The Kier molecular flexibility index (Phi) is 4.10. The second-order valence-electron chi connectivity index (χ2n) is 4.91. The summed E-state index contributed by atoms with van der Waals surface area (Å²) in [6.07, 6.45) is 1.90. The first-order valence-electron chi connectivity index (χ1n) is 5.64. The summed E-state index contributed by atoms with van der Waals surface area (Å²) in [6, 6.07) is 2.29. The lowest BCUT2D eigenvalue weighted by Crippen LogP contribution is -2.39. The largest absolute Gasteiger partial charge is 0.390 e. The van der Waals surface area contributed by atoms with Gasteiger partial charge in [0.25, 0.3) is 0 Å². The minimum Gasteiger partial charge on any atom is -0.390 e. The van der Waals surface area contributed by atoms with Crippen LogP contribution in [0.25, 0.3) is 0 Å². The number of aromatic nitrogens is 2. The van der Waals surface area contributed by atoms with E-state index >= 15 is 0 Å². The molecule has 0 aliphatic carbocycles. The van der Waals surface area contributed by atoms with E-state index in [1.165, 1.54) is 0 Å².